The van der Waals surface area contributed by atoms with Crippen LogP contribution in [0, 0.1) is 11.8 Å². The van der Waals surface area contributed by atoms with Gasteiger partial charge < -0.3 is 5.11 Å². The minimum absolute atomic E-state index is 0.165. The van der Waals surface area contributed by atoms with Crippen molar-refractivity contribution < 1.29 is 5.11 Å². The lowest BCUT2D eigenvalue weighted by Crippen LogP contribution is -2.31. The van der Waals surface area contributed by atoms with Gasteiger partial charge >= 0.3 is 0 Å². The van der Waals surface area contributed by atoms with Crippen LogP contribution in [0.3, 0.4) is 0 Å². The zero-order valence-electron chi connectivity index (χ0n) is 12.4. The summed E-state index contributed by atoms with van der Waals surface area (Å²) in [6.07, 6.45) is 7.22. The quantitative estimate of drug-likeness (QED) is 0.809. The number of hydrogen-bond donors (Lipinski definition) is 1. The summed E-state index contributed by atoms with van der Waals surface area (Å²) in [6, 6.07) is 10.5. The Hall–Kier alpha value is -0.820. The van der Waals surface area contributed by atoms with Crippen molar-refractivity contribution in [2.45, 2.75) is 64.4 Å². The van der Waals surface area contributed by atoms with Crippen LogP contribution in [0.25, 0.3) is 0 Å². The molecule has 0 aromatic heterocycles. The van der Waals surface area contributed by atoms with Crippen LogP contribution in [0.1, 0.15) is 63.9 Å². The number of rotatable bonds is 5. The SMILES string of the molecule is CCC1CCCC(C(O)C(CC)c2ccccc2)C1. The van der Waals surface area contributed by atoms with Crippen molar-refractivity contribution in [1.29, 1.82) is 0 Å². The van der Waals surface area contributed by atoms with Gasteiger partial charge in [0.1, 0.15) is 0 Å². The van der Waals surface area contributed by atoms with E-state index in [1.165, 1.54) is 37.7 Å². The molecule has 1 aliphatic rings. The summed E-state index contributed by atoms with van der Waals surface area (Å²) in [7, 11) is 0. The molecule has 0 spiro atoms. The monoisotopic (exact) mass is 260 g/mol. The van der Waals surface area contributed by atoms with E-state index in [0.717, 1.165) is 12.3 Å². The Morgan fingerprint density at radius 3 is 2.53 bits per heavy atom. The van der Waals surface area contributed by atoms with Gasteiger partial charge in [-0.1, -0.05) is 63.4 Å². The average molecular weight is 260 g/mol. The predicted octanol–water partition coefficient (Wildman–Crippen LogP) is 4.76. The van der Waals surface area contributed by atoms with Crippen molar-refractivity contribution in [3.05, 3.63) is 35.9 Å². The summed E-state index contributed by atoms with van der Waals surface area (Å²) < 4.78 is 0. The highest BCUT2D eigenvalue weighted by molar-refractivity contribution is 5.21. The topological polar surface area (TPSA) is 20.2 Å². The first-order chi connectivity index (χ1) is 9.26. The van der Waals surface area contributed by atoms with Gasteiger partial charge in [0.25, 0.3) is 0 Å². The molecule has 0 bridgehead atoms. The van der Waals surface area contributed by atoms with Gasteiger partial charge in [-0.25, -0.2) is 0 Å². The Kier molecular flexibility index (Phi) is 5.45. The minimum atomic E-state index is -0.165. The maximum atomic E-state index is 10.8. The lowest BCUT2D eigenvalue weighted by atomic mass is 9.73. The van der Waals surface area contributed by atoms with E-state index in [1.807, 2.05) is 0 Å². The number of aliphatic hydroxyl groups excluding tert-OH is 1. The van der Waals surface area contributed by atoms with Gasteiger partial charge in [0.15, 0.2) is 0 Å². The molecule has 1 aromatic rings. The number of aliphatic hydroxyl groups is 1. The fraction of sp³-hybridized carbons (Fsp3) is 0.667. The van der Waals surface area contributed by atoms with E-state index in [9.17, 15) is 5.11 Å². The van der Waals surface area contributed by atoms with E-state index in [2.05, 4.69) is 44.2 Å². The summed E-state index contributed by atoms with van der Waals surface area (Å²) in [5.41, 5.74) is 1.30. The molecular formula is C18H28O. The van der Waals surface area contributed by atoms with Crippen LogP contribution in [0.2, 0.25) is 0 Å². The van der Waals surface area contributed by atoms with Gasteiger partial charge in [0.05, 0.1) is 6.10 Å². The molecule has 4 atom stereocenters. The smallest absolute Gasteiger partial charge is 0.0636 e. The van der Waals surface area contributed by atoms with Crippen molar-refractivity contribution in [1.82, 2.24) is 0 Å². The Morgan fingerprint density at radius 1 is 1.16 bits per heavy atom. The lowest BCUT2D eigenvalue weighted by molar-refractivity contribution is 0.0451. The van der Waals surface area contributed by atoms with Crippen LogP contribution in [0.15, 0.2) is 30.3 Å². The third-order valence-electron chi connectivity index (χ3n) is 4.96. The molecule has 4 unspecified atom stereocenters. The summed E-state index contributed by atoms with van der Waals surface area (Å²) in [5, 5.41) is 10.8. The number of hydrogen-bond acceptors (Lipinski definition) is 1. The molecule has 1 aromatic carbocycles. The lowest BCUT2D eigenvalue weighted by Gasteiger charge is -2.35. The van der Waals surface area contributed by atoms with E-state index in [1.54, 1.807) is 0 Å². The molecule has 2 rings (SSSR count). The van der Waals surface area contributed by atoms with Gasteiger partial charge in [-0.05, 0) is 36.7 Å². The molecule has 0 radical (unpaired) electrons. The molecule has 106 valence electrons. The molecule has 1 heteroatoms. The van der Waals surface area contributed by atoms with Crippen LogP contribution in [-0.2, 0) is 0 Å². The van der Waals surface area contributed by atoms with Crippen molar-refractivity contribution in [2.24, 2.45) is 11.8 Å². The van der Waals surface area contributed by atoms with Crippen molar-refractivity contribution >= 4 is 0 Å². The summed E-state index contributed by atoms with van der Waals surface area (Å²) >= 11 is 0. The molecular weight excluding hydrogens is 232 g/mol. The summed E-state index contributed by atoms with van der Waals surface area (Å²) in [4.78, 5) is 0. The molecule has 0 heterocycles. The van der Waals surface area contributed by atoms with Crippen LogP contribution < -0.4 is 0 Å². The second-order valence-electron chi connectivity index (χ2n) is 6.12. The largest absolute Gasteiger partial charge is 0.392 e. The van der Waals surface area contributed by atoms with Gasteiger partial charge in [-0.2, -0.15) is 0 Å². The van der Waals surface area contributed by atoms with E-state index in [-0.39, 0.29) is 6.10 Å². The van der Waals surface area contributed by atoms with Crippen molar-refractivity contribution in [3.8, 4) is 0 Å². The molecule has 1 fully saturated rings. The first-order valence-corrected chi connectivity index (χ1v) is 7.99. The fourth-order valence-electron chi connectivity index (χ4n) is 3.72. The molecule has 1 nitrogen and oxygen atoms in total. The van der Waals surface area contributed by atoms with Crippen LogP contribution in [0.4, 0.5) is 0 Å². The maximum Gasteiger partial charge on any atom is 0.0636 e. The molecule has 1 N–H and O–H groups in total. The van der Waals surface area contributed by atoms with Gasteiger partial charge in [0, 0.05) is 5.92 Å². The highest BCUT2D eigenvalue weighted by atomic mass is 16.3. The van der Waals surface area contributed by atoms with Gasteiger partial charge in [-0.15, -0.1) is 0 Å². The molecule has 19 heavy (non-hydrogen) atoms. The summed E-state index contributed by atoms with van der Waals surface area (Å²) in [5.74, 6) is 1.65. The zero-order chi connectivity index (χ0) is 13.7. The zero-order valence-corrected chi connectivity index (χ0v) is 12.4. The predicted molar refractivity (Wildman–Crippen MR) is 81.2 cm³/mol. The van der Waals surface area contributed by atoms with Gasteiger partial charge in [0.2, 0.25) is 0 Å². The Labute approximate surface area is 118 Å². The minimum Gasteiger partial charge on any atom is -0.392 e. The van der Waals surface area contributed by atoms with E-state index in [0.29, 0.717) is 11.8 Å². The first kappa shape index (κ1) is 14.6. The third kappa shape index (κ3) is 3.60. The van der Waals surface area contributed by atoms with Gasteiger partial charge in [-0.3, -0.25) is 0 Å². The molecule has 1 aliphatic carbocycles. The maximum absolute atomic E-state index is 10.8. The normalized spacial score (nSPS) is 26.9. The van der Waals surface area contributed by atoms with Crippen LogP contribution in [0.5, 0.6) is 0 Å². The highest BCUT2D eigenvalue weighted by Crippen LogP contribution is 2.38. The fourth-order valence-corrected chi connectivity index (χ4v) is 3.72. The van der Waals surface area contributed by atoms with Crippen molar-refractivity contribution in [2.75, 3.05) is 0 Å². The Morgan fingerprint density at radius 2 is 1.89 bits per heavy atom. The second kappa shape index (κ2) is 7.09. The van der Waals surface area contributed by atoms with E-state index >= 15 is 0 Å². The average Bonchev–Trinajstić information content (AvgIpc) is 2.49. The standard InChI is InChI=1S/C18H28O/c1-3-14-9-8-12-16(13-14)18(19)17(4-2)15-10-6-5-7-11-15/h5-7,10-11,14,16-19H,3-4,8-9,12-13H2,1-2H3. The van der Waals surface area contributed by atoms with E-state index in [4.69, 9.17) is 0 Å². The van der Waals surface area contributed by atoms with E-state index < -0.39 is 0 Å². The van der Waals surface area contributed by atoms with Crippen molar-refractivity contribution in [3.63, 3.8) is 0 Å². The Bertz CT molecular complexity index is 359. The highest BCUT2D eigenvalue weighted by Gasteiger charge is 2.31. The van der Waals surface area contributed by atoms with Crippen LogP contribution in [-0.4, -0.2) is 11.2 Å². The molecule has 0 aliphatic heterocycles. The second-order valence-corrected chi connectivity index (χ2v) is 6.12. The first-order valence-electron chi connectivity index (χ1n) is 7.99. The third-order valence-corrected chi connectivity index (χ3v) is 4.96. The molecule has 1 saturated carbocycles. The number of benzene rings is 1. The Balaban J connectivity index is 2.06. The summed E-state index contributed by atoms with van der Waals surface area (Å²) in [6.45, 7) is 4.48. The van der Waals surface area contributed by atoms with Crippen LogP contribution >= 0.6 is 0 Å². The molecule has 0 amide bonds. The molecule has 0 saturated heterocycles.